The monoisotopic (exact) mass is 243 g/mol. The highest BCUT2D eigenvalue weighted by Crippen LogP contribution is 2.06. The fraction of sp³-hybridized carbons (Fsp3) is 0.500. The third kappa shape index (κ3) is 4.59. The highest BCUT2D eigenvalue weighted by Gasteiger charge is 2.07. The Balaban J connectivity index is 2.42. The third-order valence-electron chi connectivity index (χ3n) is 1.96. The van der Waals surface area contributed by atoms with E-state index in [1.54, 1.807) is 13.1 Å². The lowest BCUT2D eigenvalue weighted by Gasteiger charge is -2.07. The van der Waals surface area contributed by atoms with Crippen LogP contribution in [0, 0.1) is 6.92 Å². The molecule has 0 saturated heterocycles. The Morgan fingerprint density at radius 1 is 1.44 bits per heavy atom. The second kappa shape index (κ2) is 5.81. The van der Waals surface area contributed by atoms with Crippen molar-refractivity contribution in [1.29, 1.82) is 0 Å². The quantitative estimate of drug-likeness (QED) is 0.773. The summed E-state index contributed by atoms with van der Waals surface area (Å²) >= 11 is 0. The summed E-state index contributed by atoms with van der Waals surface area (Å²) in [6, 6.07) is 3.69. The molecule has 0 amide bonds. The number of hydrogen-bond acceptors (Lipinski definition) is 4. The number of hydrogen-bond donors (Lipinski definition) is 2. The summed E-state index contributed by atoms with van der Waals surface area (Å²) < 4.78 is 25.1. The predicted octanol–water partition coefficient (Wildman–Crippen LogP) is 0.741. The molecule has 0 unspecified atom stereocenters. The van der Waals surface area contributed by atoms with Crippen molar-refractivity contribution in [2.75, 3.05) is 24.2 Å². The van der Waals surface area contributed by atoms with Crippen LogP contribution in [-0.2, 0) is 10.0 Å². The summed E-state index contributed by atoms with van der Waals surface area (Å²) in [7, 11) is -3.14. The number of sulfonamides is 1. The number of aryl methyl sites for hydroxylation is 1. The zero-order valence-electron chi connectivity index (χ0n) is 9.53. The van der Waals surface area contributed by atoms with Gasteiger partial charge in [-0.25, -0.2) is 13.1 Å². The molecule has 0 atom stereocenters. The van der Waals surface area contributed by atoms with Gasteiger partial charge in [0.05, 0.1) is 5.75 Å². The first kappa shape index (κ1) is 12.9. The molecule has 0 aromatic carbocycles. The van der Waals surface area contributed by atoms with E-state index in [-0.39, 0.29) is 5.75 Å². The number of aromatic nitrogens is 1. The van der Waals surface area contributed by atoms with E-state index in [9.17, 15) is 8.42 Å². The molecule has 0 radical (unpaired) electrons. The Labute approximate surface area is 96.3 Å². The van der Waals surface area contributed by atoms with E-state index in [1.165, 1.54) is 0 Å². The van der Waals surface area contributed by atoms with Crippen LogP contribution in [0.25, 0.3) is 0 Å². The van der Waals surface area contributed by atoms with Crippen molar-refractivity contribution in [2.24, 2.45) is 0 Å². The molecule has 6 heteroatoms. The van der Waals surface area contributed by atoms with Crippen molar-refractivity contribution in [3.8, 4) is 0 Å². The van der Waals surface area contributed by atoms with Gasteiger partial charge in [0.25, 0.3) is 0 Å². The second-order valence-electron chi connectivity index (χ2n) is 3.43. The first-order valence-corrected chi connectivity index (χ1v) is 6.82. The van der Waals surface area contributed by atoms with Gasteiger partial charge in [-0.1, -0.05) is 6.92 Å². The van der Waals surface area contributed by atoms with Crippen molar-refractivity contribution in [3.05, 3.63) is 24.0 Å². The molecule has 0 spiro atoms. The van der Waals surface area contributed by atoms with E-state index in [1.807, 2.05) is 19.1 Å². The third-order valence-corrected chi connectivity index (χ3v) is 3.43. The van der Waals surface area contributed by atoms with Gasteiger partial charge in [0.2, 0.25) is 10.0 Å². The molecule has 2 N–H and O–H groups in total. The molecule has 90 valence electrons. The fourth-order valence-electron chi connectivity index (χ4n) is 1.28. The van der Waals surface area contributed by atoms with Crippen LogP contribution in [0.2, 0.25) is 0 Å². The number of nitrogens with zero attached hydrogens (tertiary/aromatic N) is 1. The summed E-state index contributed by atoms with van der Waals surface area (Å²) in [6.07, 6.45) is 1.69. The average molecular weight is 243 g/mol. The maximum atomic E-state index is 11.3. The molecule has 1 rings (SSSR count). The highest BCUT2D eigenvalue weighted by molar-refractivity contribution is 7.89. The molecule has 5 nitrogen and oxygen atoms in total. The molecule has 0 fully saturated rings. The summed E-state index contributed by atoms with van der Waals surface area (Å²) in [4.78, 5) is 4.06. The fourth-order valence-corrected chi connectivity index (χ4v) is 2.23. The summed E-state index contributed by atoms with van der Waals surface area (Å²) in [5.41, 5.74) is 1.79. The first-order valence-electron chi connectivity index (χ1n) is 5.17. The Bertz CT molecular complexity index is 431. The average Bonchev–Trinajstić information content (AvgIpc) is 2.17. The van der Waals surface area contributed by atoms with Crippen LogP contribution in [0.5, 0.6) is 0 Å². The van der Waals surface area contributed by atoms with Gasteiger partial charge >= 0.3 is 0 Å². The largest absolute Gasteiger partial charge is 0.384 e. The lowest BCUT2D eigenvalue weighted by atomic mass is 10.3. The van der Waals surface area contributed by atoms with Crippen molar-refractivity contribution in [1.82, 2.24) is 9.71 Å². The summed E-state index contributed by atoms with van der Waals surface area (Å²) in [5.74, 6) is 0.0716. The van der Waals surface area contributed by atoms with Gasteiger partial charge in [-0.2, -0.15) is 0 Å². The van der Waals surface area contributed by atoms with Crippen LogP contribution in [0.1, 0.15) is 12.6 Å². The maximum Gasteiger partial charge on any atom is 0.213 e. The van der Waals surface area contributed by atoms with Crippen LogP contribution >= 0.6 is 0 Å². The van der Waals surface area contributed by atoms with Gasteiger partial charge in [0, 0.05) is 30.7 Å². The smallest absolute Gasteiger partial charge is 0.213 e. The predicted molar refractivity (Wildman–Crippen MR) is 64.9 cm³/mol. The van der Waals surface area contributed by atoms with Gasteiger partial charge in [0.15, 0.2) is 0 Å². The number of nitrogens with one attached hydrogen (secondary N) is 2. The van der Waals surface area contributed by atoms with E-state index in [0.29, 0.717) is 13.1 Å². The van der Waals surface area contributed by atoms with Crippen molar-refractivity contribution in [2.45, 2.75) is 13.8 Å². The molecule has 0 aliphatic carbocycles. The molecule has 0 aliphatic heterocycles. The lowest BCUT2D eigenvalue weighted by Crippen LogP contribution is -2.29. The van der Waals surface area contributed by atoms with Gasteiger partial charge in [-0.05, 0) is 19.1 Å². The molecule has 1 aromatic rings. The Morgan fingerprint density at radius 2 is 2.19 bits per heavy atom. The standard InChI is InChI=1S/C10H17N3O2S/c1-3-13-16(14,15)7-6-12-10-4-5-11-9(2)8-10/h4-5,8,13H,3,6-7H2,1-2H3,(H,11,12). The molecule has 0 saturated carbocycles. The van der Waals surface area contributed by atoms with Gasteiger partial charge < -0.3 is 5.32 Å². The molecule has 1 heterocycles. The van der Waals surface area contributed by atoms with Crippen molar-refractivity contribution in [3.63, 3.8) is 0 Å². The maximum absolute atomic E-state index is 11.3. The number of anilines is 1. The molecule has 16 heavy (non-hydrogen) atoms. The van der Waals surface area contributed by atoms with Crippen LogP contribution in [0.15, 0.2) is 18.3 Å². The minimum Gasteiger partial charge on any atom is -0.384 e. The topological polar surface area (TPSA) is 71.1 Å². The molecular formula is C10H17N3O2S. The summed E-state index contributed by atoms with van der Waals surface area (Å²) in [5, 5.41) is 3.04. The minimum atomic E-state index is -3.14. The molecule has 1 aromatic heterocycles. The number of pyridine rings is 1. The van der Waals surface area contributed by atoms with E-state index in [4.69, 9.17) is 0 Å². The molecular weight excluding hydrogens is 226 g/mol. The van der Waals surface area contributed by atoms with E-state index in [2.05, 4.69) is 15.0 Å². The van der Waals surface area contributed by atoms with Crippen LogP contribution in [0.3, 0.4) is 0 Å². The van der Waals surface area contributed by atoms with Crippen LogP contribution < -0.4 is 10.0 Å². The SMILES string of the molecule is CCNS(=O)(=O)CCNc1ccnc(C)c1. The van der Waals surface area contributed by atoms with Gasteiger partial charge in [0.1, 0.15) is 0 Å². The zero-order valence-corrected chi connectivity index (χ0v) is 10.3. The van der Waals surface area contributed by atoms with E-state index in [0.717, 1.165) is 11.4 Å². The number of rotatable bonds is 6. The van der Waals surface area contributed by atoms with Crippen LogP contribution in [0.4, 0.5) is 5.69 Å². The minimum absolute atomic E-state index is 0.0716. The highest BCUT2D eigenvalue weighted by atomic mass is 32.2. The van der Waals surface area contributed by atoms with Crippen LogP contribution in [-0.4, -0.2) is 32.2 Å². The molecule has 0 bridgehead atoms. The molecule has 0 aliphatic rings. The second-order valence-corrected chi connectivity index (χ2v) is 5.36. The lowest BCUT2D eigenvalue weighted by molar-refractivity contribution is 0.584. The van der Waals surface area contributed by atoms with Crippen molar-refractivity contribution < 1.29 is 8.42 Å². The van der Waals surface area contributed by atoms with Gasteiger partial charge in [-0.3, -0.25) is 4.98 Å². The first-order chi connectivity index (χ1) is 7.53. The van der Waals surface area contributed by atoms with Gasteiger partial charge in [-0.15, -0.1) is 0 Å². The Morgan fingerprint density at radius 3 is 2.81 bits per heavy atom. The zero-order chi connectivity index (χ0) is 12.0. The van der Waals surface area contributed by atoms with Crippen molar-refractivity contribution >= 4 is 15.7 Å². The normalized spacial score (nSPS) is 11.4. The Kier molecular flexibility index (Phi) is 4.70. The Hall–Kier alpha value is -1.14. The summed E-state index contributed by atoms with van der Waals surface area (Å²) in [6.45, 7) is 4.47. The van der Waals surface area contributed by atoms with E-state index >= 15 is 0 Å². The van der Waals surface area contributed by atoms with E-state index < -0.39 is 10.0 Å².